The third-order valence-corrected chi connectivity index (χ3v) is 3.83. The monoisotopic (exact) mass is 363 g/mol. The van der Waals surface area contributed by atoms with Crippen LogP contribution in [0.4, 0.5) is 10.2 Å². The second-order valence-electron chi connectivity index (χ2n) is 5.19. The summed E-state index contributed by atoms with van der Waals surface area (Å²) in [6.07, 6.45) is 0.866. The zero-order valence-electron chi connectivity index (χ0n) is 13.0. The average molecular weight is 364 g/mol. The fraction of sp³-hybridized carbons (Fsp3) is 0.200. The number of benzene rings is 1. The van der Waals surface area contributed by atoms with Crippen molar-refractivity contribution in [1.29, 1.82) is 0 Å². The number of aromatic nitrogens is 2. The Morgan fingerprint density at radius 1 is 1.52 bits per heavy atom. The van der Waals surface area contributed by atoms with E-state index in [0.29, 0.717) is 10.4 Å². The van der Waals surface area contributed by atoms with Crippen LogP contribution in [-0.4, -0.2) is 35.7 Å². The van der Waals surface area contributed by atoms with E-state index in [1.54, 1.807) is 12.3 Å². The van der Waals surface area contributed by atoms with Gasteiger partial charge in [-0.25, -0.2) is 0 Å². The number of nitrogens with one attached hydrogen (secondary N) is 1. The van der Waals surface area contributed by atoms with Crippen molar-refractivity contribution in [2.75, 3.05) is 11.6 Å². The fourth-order valence-electron chi connectivity index (χ4n) is 2.28. The number of rotatable bonds is 5. The number of aromatic amines is 1. The van der Waals surface area contributed by atoms with Crippen LogP contribution in [0.2, 0.25) is 5.02 Å². The van der Waals surface area contributed by atoms with Gasteiger partial charge in [0.2, 0.25) is 0 Å². The van der Waals surface area contributed by atoms with Crippen molar-refractivity contribution in [1.82, 2.24) is 10.1 Å². The molecule has 2 aromatic heterocycles. The van der Waals surface area contributed by atoms with E-state index in [1.165, 1.54) is 32.1 Å². The molecule has 0 saturated carbocycles. The summed E-state index contributed by atoms with van der Waals surface area (Å²) in [7, 11) is 0. The van der Waals surface area contributed by atoms with Crippen LogP contribution in [0.5, 0.6) is 0 Å². The minimum absolute atomic E-state index is 0.0327. The van der Waals surface area contributed by atoms with E-state index < -0.39 is 24.8 Å². The third kappa shape index (κ3) is 3.56. The van der Waals surface area contributed by atoms with Gasteiger partial charge in [0.15, 0.2) is 0 Å². The predicted octanol–water partition coefficient (Wildman–Crippen LogP) is 2.71. The second kappa shape index (κ2) is 7.06. The van der Waals surface area contributed by atoms with Crippen LogP contribution in [0.25, 0.3) is 10.9 Å². The Labute approximate surface area is 146 Å². The van der Waals surface area contributed by atoms with Crippen molar-refractivity contribution in [3.8, 4) is 0 Å². The molecule has 1 N–H and O–H groups in total. The summed E-state index contributed by atoms with van der Waals surface area (Å²) in [5.41, 5.74) is 0.840. The number of hydrogen-bond donors (Lipinski definition) is 1. The van der Waals surface area contributed by atoms with Gasteiger partial charge in [-0.2, -0.15) is 0 Å². The number of ether oxygens (including phenoxy) is 1. The maximum absolute atomic E-state index is 14.8. The summed E-state index contributed by atoms with van der Waals surface area (Å²) in [6.45, 7) is 2.05. The number of alkyl halides is 1. The molecule has 0 saturated heterocycles. The van der Waals surface area contributed by atoms with E-state index in [4.69, 9.17) is 20.9 Å². The van der Waals surface area contributed by atoms with E-state index >= 15 is 0 Å². The number of carbonyl (C=O) groups excluding carboxylic acids is 2. The minimum atomic E-state index is -2.00. The Kier molecular flexibility index (Phi) is 4.85. The fourth-order valence-corrected chi connectivity index (χ4v) is 2.49. The number of fused-ring (bicyclic) bond motifs is 1. The van der Waals surface area contributed by atoms with Crippen LogP contribution < -0.4 is 4.90 Å². The average Bonchev–Trinajstić information content (AvgIpc) is 3.24. The molecular formula is C15H12BClFN3O4. The van der Waals surface area contributed by atoms with Crippen molar-refractivity contribution in [3.63, 3.8) is 0 Å². The normalized spacial score (nSPS) is 12.0. The van der Waals surface area contributed by atoms with E-state index in [9.17, 15) is 14.0 Å². The van der Waals surface area contributed by atoms with Crippen molar-refractivity contribution in [2.24, 2.45) is 0 Å². The predicted molar refractivity (Wildman–Crippen MR) is 89.1 cm³/mol. The molecule has 0 aliphatic heterocycles. The standard InChI is InChI=1S/C15H12BClFN3O4/c1-8(22)24-7-21(15-16-6-20-25-15)14(23)13(18)9-2-3-12-10(4-9)11(17)5-19-12/h2-6,13,19H,7H2,1H3. The Hall–Kier alpha value is -2.68. The Bertz CT molecular complexity index is 915. The number of carbonyl (C=O) groups is 2. The molecule has 25 heavy (non-hydrogen) atoms. The van der Waals surface area contributed by atoms with Gasteiger partial charge in [-0.05, 0) is 0 Å². The summed E-state index contributed by atoms with van der Waals surface area (Å²) < 4.78 is 24.5. The molecule has 0 aliphatic rings. The van der Waals surface area contributed by atoms with Crippen LogP contribution in [0.3, 0.4) is 0 Å². The molecule has 3 rings (SSSR count). The number of anilines is 1. The van der Waals surface area contributed by atoms with Crippen molar-refractivity contribution in [3.05, 3.63) is 41.1 Å². The van der Waals surface area contributed by atoms with Gasteiger partial charge >= 0.3 is 146 Å². The summed E-state index contributed by atoms with van der Waals surface area (Å²) in [5.74, 6) is -1.60. The Morgan fingerprint density at radius 3 is 3.00 bits per heavy atom. The van der Waals surface area contributed by atoms with Gasteiger partial charge in [0.05, 0.1) is 0 Å². The molecule has 1 atom stereocenters. The molecule has 3 aromatic rings. The quantitative estimate of drug-likeness (QED) is 0.556. The van der Waals surface area contributed by atoms with Crippen molar-refractivity contribution in [2.45, 2.75) is 13.1 Å². The molecule has 0 spiro atoms. The van der Waals surface area contributed by atoms with Crippen LogP contribution in [0.15, 0.2) is 35.0 Å². The number of esters is 1. The zero-order chi connectivity index (χ0) is 18.0. The first-order chi connectivity index (χ1) is 12.0. The third-order valence-electron chi connectivity index (χ3n) is 3.52. The van der Waals surface area contributed by atoms with Gasteiger partial charge in [0.1, 0.15) is 0 Å². The van der Waals surface area contributed by atoms with E-state index in [1.807, 2.05) is 0 Å². The zero-order valence-corrected chi connectivity index (χ0v) is 13.8. The molecule has 0 fully saturated rings. The molecule has 1 unspecified atom stereocenters. The second-order valence-corrected chi connectivity index (χ2v) is 5.59. The first-order valence-corrected chi connectivity index (χ1v) is 7.61. The van der Waals surface area contributed by atoms with Crippen molar-refractivity contribution < 1.29 is 23.2 Å². The molecule has 1 amide bonds. The SMILES string of the molecule is CC(=O)OCN(C(=O)C(F)c1ccc2[nH]cc(Cl)c2c1)c1bcno1. The summed E-state index contributed by atoms with van der Waals surface area (Å²) in [6, 6.07) is 4.59. The first kappa shape index (κ1) is 17.2. The van der Waals surface area contributed by atoms with E-state index in [0.717, 1.165) is 10.4 Å². The number of nitrogens with zero attached hydrogens (tertiary/aromatic N) is 2. The molecule has 0 bridgehead atoms. The molecule has 2 heterocycles. The van der Waals surface area contributed by atoms with Gasteiger partial charge in [-0.3, -0.25) is 0 Å². The van der Waals surface area contributed by atoms with Gasteiger partial charge in [0, 0.05) is 0 Å². The molecule has 7 nitrogen and oxygen atoms in total. The summed E-state index contributed by atoms with van der Waals surface area (Å²) in [5, 5.41) is 4.49. The molecule has 1 aromatic carbocycles. The van der Waals surface area contributed by atoms with E-state index in [2.05, 4.69) is 10.1 Å². The van der Waals surface area contributed by atoms with Gasteiger partial charge < -0.3 is 0 Å². The molecule has 0 radical (unpaired) electrons. The number of H-pyrrole nitrogens is 1. The first-order valence-electron chi connectivity index (χ1n) is 7.23. The molecule has 128 valence electrons. The Morgan fingerprint density at radius 2 is 2.32 bits per heavy atom. The topological polar surface area (TPSA) is 88.4 Å². The van der Waals surface area contributed by atoms with Crippen LogP contribution in [0.1, 0.15) is 18.7 Å². The van der Waals surface area contributed by atoms with E-state index in [-0.39, 0.29) is 11.3 Å². The number of hydrogen-bond acceptors (Lipinski definition) is 5. The molecule has 0 aliphatic carbocycles. The summed E-state index contributed by atoms with van der Waals surface area (Å²) >= 11 is 6.03. The van der Waals surface area contributed by atoms with Crippen LogP contribution in [0, 0.1) is 0 Å². The summed E-state index contributed by atoms with van der Waals surface area (Å²) in [4.78, 5) is 27.4. The Balaban J connectivity index is 1.88. The number of amides is 1. The maximum atomic E-state index is 14.8. The number of halogens is 2. The molecule has 10 heteroatoms. The van der Waals surface area contributed by atoms with Crippen LogP contribution in [-0.2, 0) is 14.3 Å². The van der Waals surface area contributed by atoms with Gasteiger partial charge in [-0.15, -0.1) is 0 Å². The van der Waals surface area contributed by atoms with Gasteiger partial charge in [0.25, 0.3) is 0 Å². The van der Waals surface area contributed by atoms with Gasteiger partial charge in [-0.1, -0.05) is 0 Å². The molecular weight excluding hydrogens is 351 g/mol. The van der Waals surface area contributed by atoms with Crippen molar-refractivity contribution >= 4 is 47.1 Å². The van der Waals surface area contributed by atoms with Crippen LogP contribution >= 0.6 is 11.6 Å².